The molecule has 1 spiro atoms. The number of esters is 2. The summed E-state index contributed by atoms with van der Waals surface area (Å²) in [7, 11) is 0. The number of ether oxygens (including phenoxy) is 2. The van der Waals surface area contributed by atoms with Gasteiger partial charge in [0.1, 0.15) is 12.2 Å². The fourth-order valence-corrected chi connectivity index (χ4v) is 8.04. The highest BCUT2D eigenvalue weighted by Gasteiger charge is 2.78. The molecule has 0 unspecified atom stereocenters. The third-order valence-electron chi connectivity index (χ3n) is 9.12. The summed E-state index contributed by atoms with van der Waals surface area (Å²) in [5.74, 6) is -2.60. The SMILES string of the molecule is C=C1C(=O)[C@]23[C@H](O)C[C@@H]4C(C)(C)CC[C@@H](OC(C)=O)[C@@]4(C)[C@@H]2[C@@H](OC(C)=O)C[C@@H]1[C@@H]3O. The van der Waals surface area contributed by atoms with Gasteiger partial charge in [-0.05, 0) is 42.6 Å². The summed E-state index contributed by atoms with van der Waals surface area (Å²) in [6, 6.07) is 0. The van der Waals surface area contributed by atoms with Crippen molar-refractivity contribution in [2.24, 2.45) is 34.0 Å². The molecule has 9 atom stereocenters. The van der Waals surface area contributed by atoms with Gasteiger partial charge in [0.25, 0.3) is 0 Å². The van der Waals surface area contributed by atoms with Crippen molar-refractivity contribution in [2.45, 2.75) is 84.7 Å². The average Bonchev–Trinajstić information content (AvgIpc) is 2.76. The summed E-state index contributed by atoms with van der Waals surface area (Å²) < 4.78 is 11.6. The highest BCUT2D eigenvalue weighted by Crippen LogP contribution is 2.71. The fraction of sp³-hybridized carbons (Fsp3) is 0.792. The Bertz CT molecular complexity index is 847. The molecule has 0 saturated heterocycles. The van der Waals surface area contributed by atoms with Crippen LogP contribution in [0.15, 0.2) is 12.2 Å². The molecule has 7 nitrogen and oxygen atoms in total. The summed E-state index contributed by atoms with van der Waals surface area (Å²) in [6.45, 7) is 12.9. The number of carbonyl (C=O) groups is 3. The predicted molar refractivity (Wildman–Crippen MR) is 111 cm³/mol. The summed E-state index contributed by atoms with van der Waals surface area (Å²) in [5.41, 5.74) is -2.21. The van der Waals surface area contributed by atoms with E-state index in [1.54, 1.807) is 0 Å². The molecule has 4 rings (SSSR count). The Labute approximate surface area is 183 Å². The number of aliphatic hydroxyl groups is 2. The number of aliphatic hydroxyl groups excluding tert-OH is 2. The standard InChI is InChI=1S/C24H34O7/c1-11-14-9-15(30-12(2)25)19-23(6)16(10-17(27)24(19,20(11)28)21(14)29)22(4,5)8-7-18(23)31-13(3)26/h14-19,21,27,29H,1,7-10H2,2-6H3/t14-,15-,16+,17+,18+,19-,21-,23-,24-/m0/s1. The molecule has 4 saturated carbocycles. The molecule has 2 bridgehead atoms. The van der Waals surface area contributed by atoms with Gasteiger partial charge in [0.15, 0.2) is 5.78 Å². The summed E-state index contributed by atoms with van der Waals surface area (Å²) in [4.78, 5) is 37.7. The van der Waals surface area contributed by atoms with E-state index in [0.29, 0.717) is 12.8 Å². The number of rotatable bonds is 2. The number of fused-ring (bicyclic) bond motifs is 3. The smallest absolute Gasteiger partial charge is 0.302 e. The van der Waals surface area contributed by atoms with E-state index in [2.05, 4.69) is 20.4 Å². The first-order valence-electron chi connectivity index (χ1n) is 11.2. The normalized spacial score (nSPS) is 47.9. The Hall–Kier alpha value is -1.73. The van der Waals surface area contributed by atoms with Gasteiger partial charge < -0.3 is 19.7 Å². The van der Waals surface area contributed by atoms with Crippen molar-refractivity contribution < 1.29 is 34.1 Å². The second kappa shape index (κ2) is 6.88. The average molecular weight is 435 g/mol. The molecule has 4 fully saturated rings. The maximum absolute atomic E-state index is 13.6. The fourth-order valence-electron chi connectivity index (χ4n) is 8.04. The molecule has 172 valence electrons. The zero-order chi connectivity index (χ0) is 23.1. The number of carbonyl (C=O) groups excluding carboxylic acids is 3. The lowest BCUT2D eigenvalue weighted by Gasteiger charge is -2.67. The summed E-state index contributed by atoms with van der Waals surface area (Å²) >= 11 is 0. The number of Topliss-reactive ketones (excluding diaryl/α,β-unsaturated/α-hetero) is 1. The van der Waals surface area contributed by atoms with Gasteiger partial charge in [-0.25, -0.2) is 0 Å². The molecule has 0 aromatic carbocycles. The largest absolute Gasteiger partial charge is 0.462 e. The summed E-state index contributed by atoms with van der Waals surface area (Å²) in [5, 5.41) is 22.8. The van der Waals surface area contributed by atoms with Crippen LogP contribution in [0, 0.1) is 34.0 Å². The highest BCUT2D eigenvalue weighted by molar-refractivity contribution is 6.04. The minimum absolute atomic E-state index is 0.104. The number of hydrogen-bond acceptors (Lipinski definition) is 7. The molecule has 0 radical (unpaired) electrons. The summed E-state index contributed by atoms with van der Waals surface area (Å²) in [6.07, 6.45) is -1.46. The van der Waals surface area contributed by atoms with E-state index in [0.717, 1.165) is 6.42 Å². The van der Waals surface area contributed by atoms with Crippen LogP contribution >= 0.6 is 0 Å². The lowest BCUT2D eigenvalue weighted by molar-refractivity contribution is -0.279. The highest BCUT2D eigenvalue weighted by atomic mass is 16.6. The Morgan fingerprint density at radius 3 is 2.26 bits per heavy atom. The predicted octanol–water partition coefficient (Wildman–Crippen LogP) is 2.18. The van der Waals surface area contributed by atoms with E-state index in [1.165, 1.54) is 13.8 Å². The lowest BCUT2D eigenvalue weighted by atomic mass is 9.38. The van der Waals surface area contributed by atoms with Crippen LogP contribution in [0.4, 0.5) is 0 Å². The van der Waals surface area contributed by atoms with E-state index < -0.39 is 59.0 Å². The zero-order valence-electron chi connectivity index (χ0n) is 19.0. The zero-order valence-corrected chi connectivity index (χ0v) is 19.0. The molecule has 0 aromatic rings. The number of hydrogen-bond donors (Lipinski definition) is 2. The molecule has 0 amide bonds. The van der Waals surface area contributed by atoms with Gasteiger partial charge in [-0.2, -0.15) is 0 Å². The van der Waals surface area contributed by atoms with Crippen LogP contribution in [0.3, 0.4) is 0 Å². The Balaban J connectivity index is 1.97. The first-order valence-corrected chi connectivity index (χ1v) is 11.2. The van der Waals surface area contributed by atoms with E-state index in [-0.39, 0.29) is 29.1 Å². The third kappa shape index (κ3) is 2.75. The van der Waals surface area contributed by atoms with Gasteiger partial charge in [-0.15, -0.1) is 0 Å². The molecule has 0 aliphatic heterocycles. The Morgan fingerprint density at radius 1 is 1.06 bits per heavy atom. The minimum Gasteiger partial charge on any atom is -0.462 e. The quantitative estimate of drug-likeness (QED) is 0.506. The lowest BCUT2D eigenvalue weighted by Crippen LogP contribution is -2.73. The second-order valence-corrected chi connectivity index (χ2v) is 11.0. The van der Waals surface area contributed by atoms with Crippen LogP contribution in [-0.4, -0.2) is 52.4 Å². The second-order valence-electron chi connectivity index (χ2n) is 11.0. The van der Waals surface area contributed by atoms with Crippen LogP contribution in [0.2, 0.25) is 0 Å². The van der Waals surface area contributed by atoms with Gasteiger partial charge in [-0.3, -0.25) is 14.4 Å². The Kier molecular flexibility index (Phi) is 4.99. The maximum atomic E-state index is 13.6. The third-order valence-corrected chi connectivity index (χ3v) is 9.12. The molecular weight excluding hydrogens is 400 g/mol. The van der Waals surface area contributed by atoms with Crippen molar-refractivity contribution in [2.75, 3.05) is 0 Å². The van der Waals surface area contributed by atoms with Crippen molar-refractivity contribution >= 4 is 17.7 Å². The van der Waals surface area contributed by atoms with Crippen molar-refractivity contribution in [3.63, 3.8) is 0 Å². The van der Waals surface area contributed by atoms with Gasteiger partial charge in [-0.1, -0.05) is 27.4 Å². The molecule has 0 aromatic heterocycles. The van der Waals surface area contributed by atoms with E-state index in [4.69, 9.17) is 9.47 Å². The van der Waals surface area contributed by atoms with Crippen LogP contribution in [0.25, 0.3) is 0 Å². The first kappa shape index (κ1) is 22.5. The molecule has 31 heavy (non-hydrogen) atoms. The molecular formula is C24H34O7. The Morgan fingerprint density at radius 2 is 1.68 bits per heavy atom. The minimum atomic E-state index is -1.52. The molecule has 7 heteroatoms. The first-order chi connectivity index (χ1) is 14.3. The van der Waals surface area contributed by atoms with Gasteiger partial charge in [0, 0.05) is 31.1 Å². The van der Waals surface area contributed by atoms with Crippen LogP contribution in [0.1, 0.15) is 60.3 Å². The van der Waals surface area contributed by atoms with Gasteiger partial charge >= 0.3 is 11.9 Å². The maximum Gasteiger partial charge on any atom is 0.302 e. The van der Waals surface area contributed by atoms with Crippen molar-refractivity contribution in [1.29, 1.82) is 0 Å². The van der Waals surface area contributed by atoms with E-state index >= 15 is 0 Å². The monoisotopic (exact) mass is 434 g/mol. The van der Waals surface area contributed by atoms with Crippen molar-refractivity contribution in [3.8, 4) is 0 Å². The molecule has 4 aliphatic carbocycles. The molecule has 4 aliphatic rings. The van der Waals surface area contributed by atoms with Crippen LogP contribution in [0.5, 0.6) is 0 Å². The van der Waals surface area contributed by atoms with Crippen molar-refractivity contribution in [1.82, 2.24) is 0 Å². The van der Waals surface area contributed by atoms with E-state index in [9.17, 15) is 24.6 Å². The van der Waals surface area contributed by atoms with E-state index in [1.807, 2.05) is 6.92 Å². The van der Waals surface area contributed by atoms with Crippen LogP contribution in [-0.2, 0) is 23.9 Å². The van der Waals surface area contributed by atoms with Gasteiger partial charge in [0.05, 0.1) is 17.6 Å². The molecule has 0 heterocycles. The topological polar surface area (TPSA) is 110 Å². The number of ketones is 1. The van der Waals surface area contributed by atoms with Crippen LogP contribution < -0.4 is 0 Å². The van der Waals surface area contributed by atoms with Crippen molar-refractivity contribution in [3.05, 3.63) is 12.2 Å². The van der Waals surface area contributed by atoms with Gasteiger partial charge in [0.2, 0.25) is 0 Å². The molecule has 2 N–H and O–H groups in total.